The summed E-state index contributed by atoms with van der Waals surface area (Å²) in [7, 11) is 1.84. The first-order valence-corrected chi connectivity index (χ1v) is 5.78. The van der Waals surface area contributed by atoms with Crippen molar-refractivity contribution in [3.05, 3.63) is 17.0 Å². The third-order valence-corrected chi connectivity index (χ3v) is 3.64. The smallest absolute Gasteiger partial charge is 0.356 e. The van der Waals surface area contributed by atoms with Crippen molar-refractivity contribution in [1.82, 2.24) is 9.78 Å². The highest BCUT2D eigenvalue weighted by Gasteiger charge is 2.28. The fourth-order valence-corrected chi connectivity index (χ4v) is 2.54. The Kier molecular flexibility index (Phi) is 2.74. The fourth-order valence-electron chi connectivity index (χ4n) is 2.54. The monoisotopic (exact) mass is 222 g/mol. The van der Waals surface area contributed by atoms with Gasteiger partial charge in [-0.25, -0.2) is 4.79 Å². The molecule has 88 valence electrons. The second kappa shape index (κ2) is 3.92. The van der Waals surface area contributed by atoms with E-state index in [0.29, 0.717) is 11.8 Å². The van der Waals surface area contributed by atoms with E-state index >= 15 is 0 Å². The highest BCUT2D eigenvalue weighted by atomic mass is 16.4. The van der Waals surface area contributed by atoms with Gasteiger partial charge in [-0.2, -0.15) is 5.10 Å². The number of carboxylic acid groups (broad SMARTS) is 1. The largest absolute Gasteiger partial charge is 0.476 e. The van der Waals surface area contributed by atoms with Crippen LogP contribution in [-0.2, 0) is 19.9 Å². The molecule has 0 amide bonds. The molecule has 4 heteroatoms. The molecule has 0 saturated heterocycles. The maximum atomic E-state index is 11.0. The minimum absolute atomic E-state index is 0.250. The summed E-state index contributed by atoms with van der Waals surface area (Å²) in [5.41, 5.74) is 2.31. The van der Waals surface area contributed by atoms with Crippen LogP contribution in [-0.4, -0.2) is 20.9 Å². The molecule has 4 nitrogen and oxygen atoms in total. The normalized spacial score (nSPS) is 19.9. The maximum absolute atomic E-state index is 11.0. The Morgan fingerprint density at radius 3 is 2.81 bits per heavy atom. The molecule has 0 saturated carbocycles. The van der Waals surface area contributed by atoms with Crippen molar-refractivity contribution in [2.75, 3.05) is 0 Å². The van der Waals surface area contributed by atoms with Crippen LogP contribution in [0, 0.1) is 11.8 Å². The van der Waals surface area contributed by atoms with Gasteiger partial charge in [-0.05, 0) is 31.1 Å². The second-order valence-corrected chi connectivity index (χ2v) is 4.95. The van der Waals surface area contributed by atoms with Crippen molar-refractivity contribution >= 4 is 5.97 Å². The van der Waals surface area contributed by atoms with E-state index in [4.69, 9.17) is 5.11 Å². The first kappa shape index (κ1) is 11.2. The first-order valence-electron chi connectivity index (χ1n) is 5.78. The molecule has 1 aromatic heterocycles. The molecule has 0 bridgehead atoms. The van der Waals surface area contributed by atoms with Crippen LogP contribution in [0.2, 0.25) is 0 Å². The molecule has 1 aromatic rings. The van der Waals surface area contributed by atoms with Gasteiger partial charge in [-0.3, -0.25) is 4.68 Å². The lowest BCUT2D eigenvalue weighted by Gasteiger charge is -2.25. The Bertz CT molecular complexity index is 421. The van der Waals surface area contributed by atoms with Crippen molar-refractivity contribution < 1.29 is 9.90 Å². The van der Waals surface area contributed by atoms with Crippen LogP contribution < -0.4 is 0 Å². The number of fused-ring (bicyclic) bond motifs is 1. The van der Waals surface area contributed by atoms with Crippen molar-refractivity contribution in [2.45, 2.75) is 33.1 Å². The van der Waals surface area contributed by atoms with E-state index in [1.165, 1.54) is 0 Å². The molecule has 1 atom stereocenters. The van der Waals surface area contributed by atoms with Crippen LogP contribution in [0.15, 0.2) is 0 Å². The Balaban J connectivity index is 2.36. The lowest BCUT2D eigenvalue weighted by atomic mass is 9.80. The van der Waals surface area contributed by atoms with Crippen molar-refractivity contribution in [2.24, 2.45) is 18.9 Å². The SMILES string of the molecule is CC(C)C1CCc2c(C(=O)O)nn(C)c2C1. The van der Waals surface area contributed by atoms with Crippen LogP contribution in [0.1, 0.15) is 42.0 Å². The highest BCUT2D eigenvalue weighted by Crippen LogP contribution is 2.31. The molecular formula is C12H18N2O2. The number of carboxylic acids is 1. The molecule has 0 aromatic carbocycles. The molecule has 16 heavy (non-hydrogen) atoms. The fraction of sp³-hybridized carbons (Fsp3) is 0.667. The van der Waals surface area contributed by atoms with Crippen LogP contribution in [0.4, 0.5) is 0 Å². The zero-order valence-corrected chi connectivity index (χ0v) is 10.0. The van der Waals surface area contributed by atoms with Crippen molar-refractivity contribution in [1.29, 1.82) is 0 Å². The summed E-state index contributed by atoms with van der Waals surface area (Å²) in [5, 5.41) is 13.2. The summed E-state index contributed by atoms with van der Waals surface area (Å²) in [6.45, 7) is 4.45. The summed E-state index contributed by atoms with van der Waals surface area (Å²) in [5.74, 6) is 0.403. The predicted octanol–water partition coefficient (Wildman–Crippen LogP) is 1.88. The van der Waals surface area contributed by atoms with Gasteiger partial charge >= 0.3 is 5.97 Å². The number of aromatic nitrogens is 2. The molecule has 0 fully saturated rings. The lowest BCUT2D eigenvalue weighted by Crippen LogP contribution is -2.20. The number of hydrogen-bond donors (Lipinski definition) is 1. The van der Waals surface area contributed by atoms with E-state index in [2.05, 4.69) is 18.9 Å². The Hall–Kier alpha value is -1.32. The molecule has 1 N–H and O–H groups in total. The minimum atomic E-state index is -0.903. The number of aromatic carboxylic acids is 1. The van der Waals surface area contributed by atoms with Crippen LogP contribution in [0.3, 0.4) is 0 Å². The molecule has 0 aliphatic heterocycles. The lowest BCUT2D eigenvalue weighted by molar-refractivity contribution is 0.0688. The van der Waals surface area contributed by atoms with Gasteiger partial charge in [0.25, 0.3) is 0 Å². The van der Waals surface area contributed by atoms with E-state index in [0.717, 1.165) is 30.5 Å². The Morgan fingerprint density at radius 2 is 2.25 bits per heavy atom. The summed E-state index contributed by atoms with van der Waals surface area (Å²) in [4.78, 5) is 11.0. The van der Waals surface area contributed by atoms with Gasteiger partial charge in [-0.1, -0.05) is 13.8 Å². The second-order valence-electron chi connectivity index (χ2n) is 4.95. The van der Waals surface area contributed by atoms with Crippen LogP contribution in [0.25, 0.3) is 0 Å². The zero-order chi connectivity index (χ0) is 11.9. The van der Waals surface area contributed by atoms with Crippen LogP contribution in [0.5, 0.6) is 0 Å². The first-order chi connectivity index (χ1) is 7.50. The zero-order valence-electron chi connectivity index (χ0n) is 10.0. The number of rotatable bonds is 2. The van der Waals surface area contributed by atoms with Gasteiger partial charge in [0.05, 0.1) is 0 Å². The van der Waals surface area contributed by atoms with Gasteiger partial charge in [0.15, 0.2) is 5.69 Å². The molecule has 0 spiro atoms. The average Bonchev–Trinajstić information content (AvgIpc) is 2.56. The van der Waals surface area contributed by atoms with E-state index in [9.17, 15) is 4.79 Å². The van der Waals surface area contributed by atoms with Gasteiger partial charge in [0.2, 0.25) is 0 Å². The number of aryl methyl sites for hydroxylation is 1. The van der Waals surface area contributed by atoms with Gasteiger partial charge in [0.1, 0.15) is 0 Å². The molecule has 1 aliphatic carbocycles. The van der Waals surface area contributed by atoms with E-state index < -0.39 is 5.97 Å². The van der Waals surface area contributed by atoms with Gasteiger partial charge in [-0.15, -0.1) is 0 Å². The van der Waals surface area contributed by atoms with Gasteiger partial charge < -0.3 is 5.11 Å². The predicted molar refractivity (Wildman–Crippen MR) is 60.5 cm³/mol. The third kappa shape index (κ3) is 1.72. The van der Waals surface area contributed by atoms with E-state index in [1.54, 1.807) is 4.68 Å². The standard InChI is InChI=1S/C12H18N2O2/c1-7(2)8-4-5-9-10(6-8)14(3)13-11(9)12(15)16/h7-8H,4-6H2,1-3H3,(H,15,16). The summed E-state index contributed by atoms with van der Waals surface area (Å²) in [6, 6.07) is 0. The van der Waals surface area contributed by atoms with Gasteiger partial charge in [0, 0.05) is 18.3 Å². The Morgan fingerprint density at radius 1 is 1.56 bits per heavy atom. The number of nitrogens with zero attached hydrogens (tertiary/aromatic N) is 2. The molecule has 1 heterocycles. The molecule has 2 rings (SSSR count). The topological polar surface area (TPSA) is 55.1 Å². The van der Waals surface area contributed by atoms with E-state index in [1.807, 2.05) is 7.05 Å². The van der Waals surface area contributed by atoms with Crippen molar-refractivity contribution in [3.63, 3.8) is 0 Å². The molecule has 1 unspecified atom stereocenters. The van der Waals surface area contributed by atoms with Crippen molar-refractivity contribution in [3.8, 4) is 0 Å². The third-order valence-electron chi connectivity index (χ3n) is 3.64. The summed E-state index contributed by atoms with van der Waals surface area (Å²) < 4.78 is 1.74. The summed E-state index contributed by atoms with van der Waals surface area (Å²) >= 11 is 0. The van der Waals surface area contributed by atoms with E-state index in [-0.39, 0.29) is 5.69 Å². The molecule has 1 aliphatic rings. The average molecular weight is 222 g/mol. The minimum Gasteiger partial charge on any atom is -0.476 e. The maximum Gasteiger partial charge on any atom is 0.356 e. The molecule has 0 radical (unpaired) electrons. The number of hydrogen-bond acceptors (Lipinski definition) is 2. The Labute approximate surface area is 95.3 Å². The molecular weight excluding hydrogens is 204 g/mol. The summed E-state index contributed by atoms with van der Waals surface area (Å²) in [6.07, 6.45) is 2.90. The number of carbonyl (C=O) groups is 1. The van der Waals surface area contributed by atoms with Crippen LogP contribution >= 0.6 is 0 Å². The highest BCUT2D eigenvalue weighted by molar-refractivity contribution is 5.87. The quantitative estimate of drug-likeness (QED) is 0.831.